The van der Waals surface area contributed by atoms with Crippen molar-refractivity contribution in [1.29, 1.82) is 0 Å². The van der Waals surface area contributed by atoms with Gasteiger partial charge in [-0.05, 0) is 37.6 Å². The van der Waals surface area contributed by atoms with Crippen LogP contribution in [0.1, 0.15) is 60.3 Å². The van der Waals surface area contributed by atoms with Gasteiger partial charge in [-0.15, -0.1) is 0 Å². The topological polar surface area (TPSA) is 32.3 Å². The Hall–Kier alpha value is -0.0800. The summed E-state index contributed by atoms with van der Waals surface area (Å²) in [5.74, 6) is 0. The van der Waals surface area contributed by atoms with Crippen LogP contribution in [0.15, 0.2) is 0 Å². The van der Waals surface area contributed by atoms with Gasteiger partial charge in [0.05, 0.1) is 0 Å². The largest absolute Gasteiger partial charge is 0.397 e. The molecule has 1 fully saturated rings. The fourth-order valence-corrected chi connectivity index (χ4v) is 3.29. The van der Waals surface area contributed by atoms with Crippen molar-refractivity contribution in [1.82, 2.24) is 5.32 Å². The lowest BCUT2D eigenvalue weighted by Gasteiger charge is -2.42. The van der Waals surface area contributed by atoms with Crippen molar-refractivity contribution < 1.29 is 5.11 Å². The molecule has 0 amide bonds. The van der Waals surface area contributed by atoms with Gasteiger partial charge in [-0.25, -0.2) is 0 Å². The molecule has 2 N–H and O–H groups in total. The summed E-state index contributed by atoms with van der Waals surface area (Å²) in [6.07, 6.45) is 5.52. The molecule has 0 atom stereocenters. The minimum Gasteiger partial charge on any atom is -0.397 e. The van der Waals surface area contributed by atoms with Crippen LogP contribution in [0.5, 0.6) is 0 Å². The van der Waals surface area contributed by atoms with Crippen molar-refractivity contribution in [2.75, 3.05) is 13.7 Å². The Labute approximate surface area is 102 Å². The fourth-order valence-electron chi connectivity index (χ4n) is 3.29. The SMILES string of the molecule is CCO.CNC1C(C)(C)CCCCC1(C)C. The lowest BCUT2D eigenvalue weighted by atomic mass is 9.69. The monoisotopic (exact) mass is 229 g/mol. The van der Waals surface area contributed by atoms with Crippen LogP contribution >= 0.6 is 0 Å². The molecule has 2 nitrogen and oxygen atoms in total. The first kappa shape index (κ1) is 15.9. The van der Waals surface area contributed by atoms with Crippen LogP contribution in [0, 0.1) is 10.8 Å². The van der Waals surface area contributed by atoms with E-state index in [0.29, 0.717) is 16.9 Å². The maximum absolute atomic E-state index is 7.57. The molecule has 0 aromatic carbocycles. The number of nitrogens with one attached hydrogen (secondary N) is 1. The van der Waals surface area contributed by atoms with Gasteiger partial charge in [0.2, 0.25) is 0 Å². The smallest absolute Gasteiger partial charge is 0.0402 e. The molecule has 0 radical (unpaired) electrons. The first-order valence-corrected chi connectivity index (χ1v) is 6.60. The summed E-state index contributed by atoms with van der Waals surface area (Å²) in [6.45, 7) is 11.5. The second-order valence-electron chi connectivity index (χ2n) is 6.22. The normalized spacial score (nSPS) is 24.2. The summed E-state index contributed by atoms with van der Waals surface area (Å²) < 4.78 is 0. The summed E-state index contributed by atoms with van der Waals surface area (Å²) >= 11 is 0. The molecule has 2 heteroatoms. The van der Waals surface area contributed by atoms with Crippen molar-refractivity contribution in [2.24, 2.45) is 10.8 Å². The van der Waals surface area contributed by atoms with Gasteiger partial charge in [0.1, 0.15) is 0 Å². The van der Waals surface area contributed by atoms with Gasteiger partial charge >= 0.3 is 0 Å². The highest BCUT2D eigenvalue weighted by atomic mass is 16.2. The van der Waals surface area contributed by atoms with Crippen LogP contribution in [0.25, 0.3) is 0 Å². The van der Waals surface area contributed by atoms with Gasteiger partial charge in [-0.2, -0.15) is 0 Å². The summed E-state index contributed by atoms with van der Waals surface area (Å²) in [5.41, 5.74) is 0.906. The van der Waals surface area contributed by atoms with Gasteiger partial charge in [-0.3, -0.25) is 0 Å². The lowest BCUT2D eigenvalue weighted by molar-refractivity contribution is 0.122. The summed E-state index contributed by atoms with van der Waals surface area (Å²) in [4.78, 5) is 0. The van der Waals surface area contributed by atoms with E-state index in [1.807, 2.05) is 0 Å². The third kappa shape index (κ3) is 4.42. The van der Waals surface area contributed by atoms with Crippen molar-refractivity contribution in [3.05, 3.63) is 0 Å². The van der Waals surface area contributed by atoms with Crippen LogP contribution in [-0.4, -0.2) is 24.8 Å². The Kier molecular flexibility index (Phi) is 6.57. The van der Waals surface area contributed by atoms with Gasteiger partial charge in [0.15, 0.2) is 0 Å². The molecule has 0 saturated heterocycles. The van der Waals surface area contributed by atoms with E-state index in [-0.39, 0.29) is 6.61 Å². The van der Waals surface area contributed by atoms with E-state index >= 15 is 0 Å². The Balaban J connectivity index is 0.000000673. The predicted molar refractivity (Wildman–Crippen MR) is 71.6 cm³/mol. The molecule has 1 rings (SSSR count). The molecule has 1 aliphatic carbocycles. The van der Waals surface area contributed by atoms with Crippen LogP contribution in [-0.2, 0) is 0 Å². The Bertz CT molecular complexity index is 169. The van der Waals surface area contributed by atoms with Crippen LogP contribution < -0.4 is 5.32 Å². The number of rotatable bonds is 1. The van der Waals surface area contributed by atoms with E-state index in [1.54, 1.807) is 6.92 Å². The number of hydrogen-bond acceptors (Lipinski definition) is 2. The highest BCUT2D eigenvalue weighted by molar-refractivity contribution is 4.95. The van der Waals surface area contributed by atoms with Crippen LogP contribution in [0.4, 0.5) is 0 Å². The van der Waals surface area contributed by atoms with Gasteiger partial charge in [-0.1, -0.05) is 40.5 Å². The van der Waals surface area contributed by atoms with Crippen molar-refractivity contribution in [3.63, 3.8) is 0 Å². The average Bonchev–Trinajstić information content (AvgIpc) is 2.23. The quantitative estimate of drug-likeness (QED) is 0.677. The van der Waals surface area contributed by atoms with Crippen molar-refractivity contribution in [3.8, 4) is 0 Å². The maximum atomic E-state index is 7.57. The minimum absolute atomic E-state index is 0.250. The second kappa shape index (κ2) is 6.61. The summed E-state index contributed by atoms with van der Waals surface area (Å²) in [6, 6.07) is 0.655. The van der Waals surface area contributed by atoms with Crippen LogP contribution in [0.2, 0.25) is 0 Å². The molecular formula is C14H31NO. The zero-order chi connectivity index (χ0) is 12.8. The zero-order valence-corrected chi connectivity index (χ0v) is 12.1. The maximum Gasteiger partial charge on any atom is 0.0402 e. The van der Waals surface area contributed by atoms with Gasteiger partial charge in [0, 0.05) is 12.6 Å². The molecule has 0 heterocycles. The number of hydrogen-bond donors (Lipinski definition) is 2. The molecule has 16 heavy (non-hydrogen) atoms. The number of aliphatic hydroxyl groups is 1. The molecule has 0 aromatic rings. The molecule has 0 aliphatic heterocycles. The molecule has 0 unspecified atom stereocenters. The zero-order valence-electron chi connectivity index (χ0n) is 12.1. The first-order chi connectivity index (χ1) is 7.31. The van der Waals surface area contributed by atoms with Crippen molar-refractivity contribution >= 4 is 0 Å². The molecule has 1 saturated carbocycles. The Morgan fingerprint density at radius 2 is 1.38 bits per heavy atom. The highest BCUT2D eigenvalue weighted by Gasteiger charge is 2.40. The number of aliphatic hydroxyl groups excluding tert-OH is 1. The minimum atomic E-state index is 0.250. The lowest BCUT2D eigenvalue weighted by Crippen LogP contribution is -2.49. The molecule has 0 aromatic heterocycles. The average molecular weight is 229 g/mol. The fraction of sp³-hybridized carbons (Fsp3) is 1.00. The second-order valence-corrected chi connectivity index (χ2v) is 6.22. The third-order valence-corrected chi connectivity index (χ3v) is 3.74. The molecule has 1 aliphatic rings. The third-order valence-electron chi connectivity index (χ3n) is 3.74. The van der Waals surface area contributed by atoms with E-state index in [9.17, 15) is 0 Å². The van der Waals surface area contributed by atoms with Crippen molar-refractivity contribution in [2.45, 2.75) is 66.3 Å². The molecular weight excluding hydrogens is 198 g/mol. The molecule has 0 spiro atoms. The van der Waals surface area contributed by atoms with E-state index in [1.165, 1.54) is 25.7 Å². The summed E-state index contributed by atoms with van der Waals surface area (Å²) in [7, 11) is 2.11. The summed E-state index contributed by atoms with van der Waals surface area (Å²) in [5, 5.41) is 11.1. The van der Waals surface area contributed by atoms with E-state index in [2.05, 4.69) is 40.1 Å². The molecule has 98 valence electrons. The standard InChI is InChI=1S/C12H25N.C2H6O/c1-11(2)8-6-7-9-12(3,4)10(11)13-5;1-2-3/h10,13H,6-9H2,1-5H3;3H,2H2,1H3. The van der Waals surface area contributed by atoms with Gasteiger partial charge in [0.25, 0.3) is 0 Å². The Morgan fingerprint density at radius 1 is 1.06 bits per heavy atom. The van der Waals surface area contributed by atoms with Gasteiger partial charge < -0.3 is 10.4 Å². The first-order valence-electron chi connectivity index (χ1n) is 6.60. The molecule has 0 bridgehead atoms. The van der Waals surface area contributed by atoms with Crippen LogP contribution in [0.3, 0.4) is 0 Å². The predicted octanol–water partition coefficient (Wildman–Crippen LogP) is 3.20. The van der Waals surface area contributed by atoms with E-state index in [0.717, 1.165) is 0 Å². The van der Waals surface area contributed by atoms with E-state index < -0.39 is 0 Å². The Morgan fingerprint density at radius 3 is 1.62 bits per heavy atom. The van der Waals surface area contributed by atoms with E-state index in [4.69, 9.17) is 5.11 Å². The highest BCUT2D eigenvalue weighted by Crippen LogP contribution is 2.43.